The van der Waals surface area contributed by atoms with E-state index >= 15 is 0 Å². The highest BCUT2D eigenvalue weighted by molar-refractivity contribution is 6.16. The number of nitrogens with zero attached hydrogens (tertiary/aromatic N) is 1. The van der Waals surface area contributed by atoms with E-state index in [0.29, 0.717) is 0 Å². The molecule has 1 rings (SSSR count). The Kier molecular flexibility index (Phi) is 0.741. The second-order valence-corrected chi connectivity index (χ2v) is 1.78. The Bertz CT molecular complexity index is 137. The summed E-state index contributed by atoms with van der Waals surface area (Å²) in [4.78, 5) is 14.1. The largest absolute Gasteiger partial charge is 0.297 e. The molecule has 7 heavy (non-hydrogen) atoms. The first kappa shape index (κ1) is 4.50. The Morgan fingerprint density at radius 2 is 2.29 bits per heavy atom. The highest BCUT2D eigenvalue weighted by Gasteiger charge is 2.26. The van der Waals surface area contributed by atoms with Gasteiger partial charge in [0.15, 0.2) is 5.78 Å². The number of aliphatic imine (C=N–C) groups is 1. The number of ketones is 1. The lowest BCUT2D eigenvalue weighted by atomic mass is 10.2. The molecule has 0 aromatic rings. The number of Topliss-reactive ketones (excluding diaryl/α,β-unsaturated/α-hetero) is 1. The quantitative estimate of drug-likeness (QED) is 0.466. The summed E-state index contributed by atoms with van der Waals surface area (Å²) in [6.07, 6.45) is 0. The molecule has 1 heterocycles. The summed E-state index contributed by atoms with van der Waals surface area (Å²) in [5.41, 5.74) is 0.979. The normalized spacial score (nSPS) is 26.6. The lowest BCUT2D eigenvalue weighted by Crippen LogP contribution is -2.04. The lowest BCUT2D eigenvalue weighted by Gasteiger charge is -1.78. The molecule has 0 N–H and O–H groups in total. The molecule has 0 aromatic carbocycles. The highest BCUT2D eigenvalue weighted by Crippen LogP contribution is 2.10. The second-order valence-electron chi connectivity index (χ2n) is 1.78. The molecule has 0 spiro atoms. The Labute approximate surface area is 42.3 Å². The van der Waals surface area contributed by atoms with Crippen molar-refractivity contribution < 1.29 is 4.79 Å². The van der Waals surface area contributed by atoms with E-state index < -0.39 is 0 Å². The van der Waals surface area contributed by atoms with Crippen LogP contribution in [0.5, 0.6) is 0 Å². The average molecular weight is 97.1 g/mol. The third-order valence-electron chi connectivity index (χ3n) is 1.05. The van der Waals surface area contributed by atoms with E-state index in [0.717, 1.165) is 5.71 Å². The number of carbonyl (C=O) groups excluding carboxylic acids is 1. The van der Waals surface area contributed by atoms with E-state index in [-0.39, 0.29) is 11.8 Å². The Hall–Kier alpha value is -0.660. The van der Waals surface area contributed by atoms with Crippen LogP contribution in [-0.4, -0.2) is 17.5 Å². The zero-order valence-electron chi connectivity index (χ0n) is 4.43. The van der Waals surface area contributed by atoms with Gasteiger partial charge in [0.2, 0.25) is 0 Å². The molecule has 0 aliphatic carbocycles. The molecule has 0 bridgehead atoms. The number of hydrogen-bond acceptors (Lipinski definition) is 2. The molecule has 1 aliphatic heterocycles. The Morgan fingerprint density at radius 3 is 2.29 bits per heavy atom. The van der Waals surface area contributed by atoms with E-state index in [1.165, 1.54) is 0 Å². The van der Waals surface area contributed by atoms with Crippen molar-refractivity contribution in [3.63, 3.8) is 0 Å². The fourth-order valence-corrected chi connectivity index (χ4v) is 0.551. The van der Waals surface area contributed by atoms with Crippen molar-refractivity contribution in [3.05, 3.63) is 0 Å². The fourth-order valence-electron chi connectivity index (χ4n) is 0.551. The monoisotopic (exact) mass is 97.1 g/mol. The molecule has 0 aromatic heterocycles. The summed E-state index contributed by atoms with van der Waals surface area (Å²) in [5, 5.41) is 0. The molecular formula is C5H7NO. The van der Waals surface area contributed by atoms with Crippen molar-refractivity contribution in [2.24, 2.45) is 4.99 Å². The van der Waals surface area contributed by atoms with Crippen LogP contribution in [0.2, 0.25) is 0 Å². The van der Waals surface area contributed by atoms with Crippen LogP contribution in [0.15, 0.2) is 4.99 Å². The van der Waals surface area contributed by atoms with Gasteiger partial charge < -0.3 is 0 Å². The molecule has 0 radical (unpaired) electrons. The van der Waals surface area contributed by atoms with E-state index in [4.69, 9.17) is 0 Å². The van der Waals surface area contributed by atoms with Gasteiger partial charge in [0.05, 0.1) is 0 Å². The summed E-state index contributed by atoms with van der Waals surface area (Å²) in [6.45, 7) is 3.43. The SMILES string of the molecule is CC(=O)C1N=C1C. The van der Waals surface area contributed by atoms with Crippen LogP contribution in [0, 0.1) is 0 Å². The Morgan fingerprint density at radius 1 is 1.86 bits per heavy atom. The number of carbonyl (C=O) groups is 1. The van der Waals surface area contributed by atoms with Crippen molar-refractivity contribution in [1.82, 2.24) is 0 Å². The molecule has 1 unspecified atom stereocenters. The minimum atomic E-state index is -0.0278. The van der Waals surface area contributed by atoms with Gasteiger partial charge in [-0.1, -0.05) is 0 Å². The Balaban J connectivity index is 2.39. The molecule has 1 aliphatic rings. The van der Waals surface area contributed by atoms with Crippen LogP contribution < -0.4 is 0 Å². The zero-order chi connectivity index (χ0) is 5.44. The molecule has 0 amide bonds. The summed E-state index contributed by atoms with van der Waals surface area (Å²) in [6, 6.07) is -0.0278. The smallest absolute Gasteiger partial charge is 0.159 e. The first-order valence-corrected chi connectivity index (χ1v) is 2.26. The average Bonchev–Trinajstić information content (AvgIpc) is 2.17. The van der Waals surface area contributed by atoms with Gasteiger partial charge in [-0.05, 0) is 13.8 Å². The van der Waals surface area contributed by atoms with E-state index in [1.54, 1.807) is 6.92 Å². The summed E-state index contributed by atoms with van der Waals surface area (Å²) >= 11 is 0. The first-order chi connectivity index (χ1) is 3.22. The van der Waals surface area contributed by atoms with Crippen LogP contribution in [0.4, 0.5) is 0 Å². The predicted molar refractivity (Wildman–Crippen MR) is 27.6 cm³/mol. The zero-order valence-corrected chi connectivity index (χ0v) is 4.43. The third kappa shape index (κ3) is 0.683. The van der Waals surface area contributed by atoms with Crippen molar-refractivity contribution in [2.75, 3.05) is 0 Å². The minimum absolute atomic E-state index is 0.0278. The molecule has 0 saturated carbocycles. The van der Waals surface area contributed by atoms with Crippen LogP contribution in [0.3, 0.4) is 0 Å². The molecule has 38 valence electrons. The molecule has 2 heteroatoms. The molecule has 2 nitrogen and oxygen atoms in total. The highest BCUT2D eigenvalue weighted by atomic mass is 16.1. The maximum absolute atomic E-state index is 10.3. The van der Waals surface area contributed by atoms with Gasteiger partial charge in [0.1, 0.15) is 6.04 Å². The van der Waals surface area contributed by atoms with Gasteiger partial charge in [-0.3, -0.25) is 9.79 Å². The molecule has 1 atom stereocenters. The van der Waals surface area contributed by atoms with Gasteiger partial charge in [0, 0.05) is 5.71 Å². The van der Waals surface area contributed by atoms with Crippen molar-refractivity contribution in [2.45, 2.75) is 19.9 Å². The molecular weight excluding hydrogens is 90.1 g/mol. The topological polar surface area (TPSA) is 29.4 Å². The van der Waals surface area contributed by atoms with Crippen molar-refractivity contribution in [3.8, 4) is 0 Å². The summed E-state index contributed by atoms with van der Waals surface area (Å²) < 4.78 is 0. The maximum atomic E-state index is 10.3. The van der Waals surface area contributed by atoms with E-state index in [1.807, 2.05) is 6.92 Å². The molecule has 0 fully saturated rings. The van der Waals surface area contributed by atoms with Crippen molar-refractivity contribution in [1.29, 1.82) is 0 Å². The molecule has 0 saturated heterocycles. The first-order valence-electron chi connectivity index (χ1n) is 2.26. The van der Waals surface area contributed by atoms with Crippen molar-refractivity contribution >= 4 is 11.5 Å². The van der Waals surface area contributed by atoms with Crippen LogP contribution >= 0.6 is 0 Å². The predicted octanol–water partition coefficient (Wildman–Crippen LogP) is 0.418. The minimum Gasteiger partial charge on any atom is -0.297 e. The van der Waals surface area contributed by atoms with Gasteiger partial charge in [0.25, 0.3) is 0 Å². The van der Waals surface area contributed by atoms with Gasteiger partial charge >= 0.3 is 0 Å². The second kappa shape index (κ2) is 1.15. The van der Waals surface area contributed by atoms with Gasteiger partial charge in [-0.15, -0.1) is 0 Å². The van der Waals surface area contributed by atoms with Crippen LogP contribution in [0.1, 0.15) is 13.8 Å². The van der Waals surface area contributed by atoms with Crippen LogP contribution in [-0.2, 0) is 4.79 Å². The summed E-state index contributed by atoms with van der Waals surface area (Å²) in [5.74, 6) is 0.164. The third-order valence-corrected chi connectivity index (χ3v) is 1.05. The maximum Gasteiger partial charge on any atom is 0.159 e. The number of hydrogen-bond donors (Lipinski definition) is 0. The van der Waals surface area contributed by atoms with E-state index in [9.17, 15) is 4.79 Å². The lowest BCUT2D eigenvalue weighted by molar-refractivity contribution is -0.116. The standard InChI is InChI=1S/C5H7NO/c1-3-5(6-3)4(2)7/h5H,1-2H3. The number of rotatable bonds is 1. The summed E-state index contributed by atoms with van der Waals surface area (Å²) in [7, 11) is 0. The fraction of sp³-hybridized carbons (Fsp3) is 0.600. The van der Waals surface area contributed by atoms with Gasteiger partial charge in [-0.25, -0.2) is 0 Å². The van der Waals surface area contributed by atoms with Crippen LogP contribution in [0.25, 0.3) is 0 Å². The van der Waals surface area contributed by atoms with E-state index in [2.05, 4.69) is 4.99 Å². The van der Waals surface area contributed by atoms with Gasteiger partial charge in [-0.2, -0.15) is 0 Å².